The van der Waals surface area contributed by atoms with Crippen LogP contribution in [-0.4, -0.2) is 5.91 Å². The number of rotatable bonds is 1. The standard InChI is InChI=1S/C5H9FN2O/c1-3(2)4(6)5(9)8-7/h7H2,1-2H3,(H,8,9). The van der Waals surface area contributed by atoms with E-state index < -0.39 is 11.7 Å². The first kappa shape index (κ1) is 8.10. The van der Waals surface area contributed by atoms with Crippen LogP contribution in [0, 0.1) is 0 Å². The number of halogens is 1. The van der Waals surface area contributed by atoms with Crippen LogP contribution >= 0.6 is 0 Å². The molecule has 52 valence electrons. The number of nitrogens with one attached hydrogen (secondary N) is 1. The molecule has 0 aliphatic rings. The molecule has 0 atom stereocenters. The van der Waals surface area contributed by atoms with Gasteiger partial charge in [0, 0.05) is 0 Å². The van der Waals surface area contributed by atoms with Crippen molar-refractivity contribution >= 4 is 5.91 Å². The average molecular weight is 132 g/mol. The lowest BCUT2D eigenvalue weighted by atomic mass is 10.3. The van der Waals surface area contributed by atoms with Crippen LogP contribution in [0.1, 0.15) is 13.8 Å². The average Bonchev–Trinajstić information content (AvgIpc) is 1.84. The smallest absolute Gasteiger partial charge is 0.288 e. The van der Waals surface area contributed by atoms with Gasteiger partial charge in [-0.05, 0) is 19.4 Å². The van der Waals surface area contributed by atoms with Gasteiger partial charge in [-0.15, -0.1) is 0 Å². The summed E-state index contributed by atoms with van der Waals surface area (Å²) in [5.41, 5.74) is 1.99. The Balaban J connectivity index is 4.21. The zero-order chi connectivity index (χ0) is 7.44. The van der Waals surface area contributed by atoms with E-state index >= 15 is 0 Å². The first-order valence-corrected chi connectivity index (χ1v) is 2.43. The number of hydrogen-bond acceptors (Lipinski definition) is 2. The number of hydrogen-bond donors (Lipinski definition) is 2. The minimum Gasteiger partial charge on any atom is -0.288 e. The Morgan fingerprint density at radius 2 is 2.00 bits per heavy atom. The third-order valence-corrected chi connectivity index (χ3v) is 0.769. The summed E-state index contributed by atoms with van der Waals surface area (Å²) in [4.78, 5) is 10.3. The lowest BCUT2D eigenvalue weighted by molar-refractivity contribution is -0.119. The molecule has 3 nitrogen and oxygen atoms in total. The molecule has 0 aromatic carbocycles. The van der Waals surface area contributed by atoms with E-state index in [0.717, 1.165) is 0 Å². The van der Waals surface area contributed by atoms with Crippen molar-refractivity contribution in [2.24, 2.45) is 5.84 Å². The Labute approximate surface area is 52.7 Å². The van der Waals surface area contributed by atoms with E-state index in [-0.39, 0.29) is 0 Å². The molecule has 0 fully saturated rings. The van der Waals surface area contributed by atoms with Gasteiger partial charge in [0.1, 0.15) is 0 Å². The Kier molecular flexibility index (Phi) is 2.87. The molecular weight excluding hydrogens is 123 g/mol. The molecule has 0 aromatic rings. The summed E-state index contributed by atoms with van der Waals surface area (Å²) < 4.78 is 12.3. The number of carbonyl (C=O) groups is 1. The molecule has 0 aliphatic heterocycles. The van der Waals surface area contributed by atoms with E-state index in [0.29, 0.717) is 5.57 Å². The first-order valence-electron chi connectivity index (χ1n) is 2.43. The molecule has 9 heavy (non-hydrogen) atoms. The van der Waals surface area contributed by atoms with Crippen LogP contribution in [0.2, 0.25) is 0 Å². The summed E-state index contributed by atoms with van der Waals surface area (Å²) in [7, 11) is 0. The summed E-state index contributed by atoms with van der Waals surface area (Å²) in [5, 5.41) is 0. The minimum absolute atomic E-state index is 0.318. The summed E-state index contributed by atoms with van der Waals surface area (Å²) >= 11 is 0. The highest BCUT2D eigenvalue weighted by Gasteiger charge is 2.06. The SMILES string of the molecule is CC(C)=C(F)C(=O)NN. The van der Waals surface area contributed by atoms with Crippen molar-refractivity contribution in [3.05, 3.63) is 11.4 Å². The number of nitrogens with two attached hydrogens (primary N) is 1. The molecule has 0 aromatic heterocycles. The number of hydrazine groups is 1. The summed E-state index contributed by atoms with van der Waals surface area (Å²) in [6, 6.07) is 0. The number of amides is 1. The molecule has 0 rings (SSSR count). The molecule has 0 bridgehead atoms. The van der Waals surface area contributed by atoms with Gasteiger partial charge in [-0.1, -0.05) is 0 Å². The molecule has 1 amide bonds. The normalized spacial score (nSPS) is 8.44. The fourth-order valence-electron chi connectivity index (χ4n) is 0.290. The van der Waals surface area contributed by atoms with Crippen LogP contribution in [0.25, 0.3) is 0 Å². The maximum absolute atomic E-state index is 12.3. The van der Waals surface area contributed by atoms with E-state index in [1.54, 1.807) is 5.43 Å². The van der Waals surface area contributed by atoms with Gasteiger partial charge in [0.25, 0.3) is 5.91 Å². The van der Waals surface area contributed by atoms with Crippen molar-refractivity contribution < 1.29 is 9.18 Å². The Bertz CT molecular complexity index is 149. The quantitative estimate of drug-likeness (QED) is 0.232. The summed E-state index contributed by atoms with van der Waals surface area (Å²) in [6.07, 6.45) is 0. The Morgan fingerprint density at radius 3 is 2.11 bits per heavy atom. The Hall–Kier alpha value is -0.900. The van der Waals surface area contributed by atoms with Crippen LogP contribution in [0.15, 0.2) is 11.4 Å². The van der Waals surface area contributed by atoms with Gasteiger partial charge < -0.3 is 0 Å². The van der Waals surface area contributed by atoms with E-state index in [9.17, 15) is 9.18 Å². The van der Waals surface area contributed by atoms with Crippen LogP contribution in [0.3, 0.4) is 0 Å². The molecule has 0 saturated carbocycles. The highest BCUT2D eigenvalue weighted by Crippen LogP contribution is 2.02. The van der Waals surface area contributed by atoms with Gasteiger partial charge in [0.15, 0.2) is 5.83 Å². The number of carbonyl (C=O) groups excluding carboxylic acids is 1. The molecule has 4 heteroatoms. The van der Waals surface area contributed by atoms with Crippen LogP contribution < -0.4 is 11.3 Å². The second-order valence-electron chi connectivity index (χ2n) is 1.79. The van der Waals surface area contributed by atoms with Gasteiger partial charge in [-0.3, -0.25) is 10.2 Å². The molecule has 0 spiro atoms. The van der Waals surface area contributed by atoms with Crippen LogP contribution in [0.4, 0.5) is 4.39 Å². The molecule has 0 radical (unpaired) electrons. The second kappa shape index (κ2) is 3.19. The zero-order valence-corrected chi connectivity index (χ0v) is 5.36. The lowest BCUT2D eigenvalue weighted by Crippen LogP contribution is -2.30. The predicted octanol–water partition coefficient (Wildman–Crippen LogP) is 0.240. The van der Waals surface area contributed by atoms with Gasteiger partial charge in [-0.2, -0.15) is 0 Å². The van der Waals surface area contributed by atoms with Gasteiger partial charge in [-0.25, -0.2) is 10.2 Å². The van der Waals surface area contributed by atoms with Crippen molar-refractivity contribution in [3.63, 3.8) is 0 Å². The van der Waals surface area contributed by atoms with Crippen LogP contribution in [-0.2, 0) is 4.79 Å². The molecule has 0 heterocycles. The van der Waals surface area contributed by atoms with E-state index in [4.69, 9.17) is 0 Å². The van der Waals surface area contributed by atoms with E-state index in [2.05, 4.69) is 5.84 Å². The third-order valence-electron chi connectivity index (χ3n) is 0.769. The second-order valence-corrected chi connectivity index (χ2v) is 1.79. The van der Waals surface area contributed by atoms with Gasteiger partial charge >= 0.3 is 0 Å². The van der Waals surface area contributed by atoms with Crippen molar-refractivity contribution in [1.29, 1.82) is 0 Å². The highest BCUT2D eigenvalue weighted by atomic mass is 19.1. The maximum atomic E-state index is 12.3. The first-order chi connectivity index (χ1) is 4.09. The number of allylic oxidation sites excluding steroid dienone is 1. The highest BCUT2D eigenvalue weighted by molar-refractivity contribution is 5.91. The van der Waals surface area contributed by atoms with Gasteiger partial charge in [0.05, 0.1) is 0 Å². The molecule has 3 N–H and O–H groups in total. The predicted molar refractivity (Wildman–Crippen MR) is 31.8 cm³/mol. The monoisotopic (exact) mass is 132 g/mol. The minimum atomic E-state index is -0.880. The van der Waals surface area contributed by atoms with Crippen molar-refractivity contribution in [3.8, 4) is 0 Å². The van der Waals surface area contributed by atoms with Crippen molar-refractivity contribution in [2.75, 3.05) is 0 Å². The van der Waals surface area contributed by atoms with Crippen LogP contribution in [0.5, 0.6) is 0 Å². The molecule has 0 aliphatic carbocycles. The van der Waals surface area contributed by atoms with Crippen molar-refractivity contribution in [1.82, 2.24) is 5.43 Å². The molecular formula is C5H9FN2O. The van der Waals surface area contributed by atoms with Gasteiger partial charge in [0.2, 0.25) is 0 Å². The fraction of sp³-hybridized carbons (Fsp3) is 0.400. The fourth-order valence-corrected chi connectivity index (χ4v) is 0.290. The summed E-state index contributed by atoms with van der Waals surface area (Å²) in [6.45, 7) is 2.98. The maximum Gasteiger partial charge on any atom is 0.293 e. The summed E-state index contributed by atoms with van der Waals surface area (Å²) in [5.74, 6) is 2.94. The van der Waals surface area contributed by atoms with E-state index in [1.165, 1.54) is 13.8 Å². The lowest BCUT2D eigenvalue weighted by Gasteiger charge is -1.95. The topological polar surface area (TPSA) is 55.1 Å². The largest absolute Gasteiger partial charge is 0.293 e. The van der Waals surface area contributed by atoms with Crippen molar-refractivity contribution in [2.45, 2.75) is 13.8 Å². The molecule has 0 unspecified atom stereocenters. The molecule has 0 saturated heterocycles. The zero-order valence-electron chi connectivity index (χ0n) is 5.36. The third kappa shape index (κ3) is 2.23. The van der Waals surface area contributed by atoms with E-state index in [1.807, 2.05) is 0 Å². The Morgan fingerprint density at radius 1 is 1.56 bits per heavy atom.